The Morgan fingerprint density at radius 3 is 1.46 bits per heavy atom. The Morgan fingerprint density at radius 2 is 0.912 bits per heavy atom. The Hall–Kier alpha value is -7.94. The lowest BCUT2D eigenvalue weighted by Gasteiger charge is -2.36. The smallest absolute Gasteiger partial charge is 0.0559 e. The average Bonchev–Trinajstić information content (AvgIpc) is 4.20. The minimum Gasteiger partial charge on any atom is -0.338 e. The fraction of sp³-hybridized carbons (Fsp3) is 0.256. The molecule has 0 aliphatic heterocycles. The van der Waals surface area contributed by atoms with E-state index >= 15 is 0 Å². The standard InChI is InChI=1S/C78H72N2/c1-75(2)67-41-49(29-35-59(67)61-39-33-57(45-71(61)75)79(53-21-13-9-14-22-53)54-23-15-10-16-24-54)51-31-37-63-65-47-74-66(48-73(65)77(5,6)69(63)43-51)64-38-32-52(44-70(64)78(74,7)8)50-30-36-60-62-40-34-58(46-72(62)76(3,4)68(60)42-50)80(55-25-17-11-18-26-55)56-27-19-12-20-28-56/h9-19,21-23,25,27,29-48,54-55,65,73H,20,24,26,28H2,1-8H3. The lowest BCUT2D eigenvalue weighted by molar-refractivity contribution is 0.393. The molecule has 8 aliphatic rings. The van der Waals surface area contributed by atoms with Crippen LogP contribution in [0.5, 0.6) is 0 Å². The van der Waals surface area contributed by atoms with Crippen molar-refractivity contribution in [3.05, 3.63) is 274 Å². The first-order valence-electron chi connectivity index (χ1n) is 29.7. The zero-order chi connectivity index (χ0) is 54.5. The number of nitrogens with zero attached hydrogens (tertiary/aromatic N) is 2. The van der Waals surface area contributed by atoms with Gasteiger partial charge in [0.25, 0.3) is 0 Å². The number of allylic oxidation sites excluding steroid dienone is 12. The van der Waals surface area contributed by atoms with Crippen LogP contribution in [0.1, 0.15) is 131 Å². The summed E-state index contributed by atoms with van der Waals surface area (Å²) in [5, 5.41) is 0. The maximum atomic E-state index is 2.68. The molecular weight excluding hydrogens is 965 g/mol. The number of benzene rings is 7. The molecule has 0 saturated heterocycles. The second-order valence-electron chi connectivity index (χ2n) is 26.3. The molecule has 4 atom stereocenters. The van der Waals surface area contributed by atoms with E-state index in [0.717, 1.165) is 25.7 Å². The molecule has 7 aromatic rings. The minimum atomic E-state index is -0.152. The number of anilines is 3. The Kier molecular flexibility index (Phi) is 10.9. The molecule has 0 aromatic heterocycles. The van der Waals surface area contributed by atoms with Gasteiger partial charge in [0.05, 0.1) is 12.1 Å². The lowest BCUT2D eigenvalue weighted by atomic mass is 9.70. The zero-order valence-electron chi connectivity index (χ0n) is 47.8. The van der Waals surface area contributed by atoms with Gasteiger partial charge < -0.3 is 9.80 Å². The summed E-state index contributed by atoms with van der Waals surface area (Å²) in [6, 6.07) is 55.4. The molecule has 0 saturated carbocycles. The van der Waals surface area contributed by atoms with Gasteiger partial charge >= 0.3 is 0 Å². The van der Waals surface area contributed by atoms with Gasteiger partial charge in [-0.15, -0.1) is 0 Å². The van der Waals surface area contributed by atoms with Gasteiger partial charge in [-0.25, -0.2) is 0 Å². The number of para-hydroxylation sites is 1. The van der Waals surface area contributed by atoms with Crippen LogP contribution in [0.15, 0.2) is 230 Å². The van der Waals surface area contributed by atoms with Crippen LogP contribution in [0, 0.1) is 5.92 Å². The molecule has 2 heteroatoms. The maximum Gasteiger partial charge on any atom is 0.0559 e. The van der Waals surface area contributed by atoms with Crippen molar-refractivity contribution in [3.63, 3.8) is 0 Å². The summed E-state index contributed by atoms with van der Waals surface area (Å²) < 4.78 is 0. The second-order valence-corrected chi connectivity index (χ2v) is 26.3. The van der Waals surface area contributed by atoms with Crippen molar-refractivity contribution < 1.29 is 0 Å². The fourth-order valence-electron chi connectivity index (χ4n) is 16.0. The summed E-state index contributed by atoms with van der Waals surface area (Å²) in [4.78, 5) is 5.12. The van der Waals surface area contributed by atoms with Crippen molar-refractivity contribution in [2.45, 2.75) is 121 Å². The van der Waals surface area contributed by atoms with E-state index in [4.69, 9.17) is 0 Å². The first-order valence-corrected chi connectivity index (χ1v) is 29.7. The number of rotatable bonds is 8. The molecule has 80 heavy (non-hydrogen) atoms. The normalized spacial score (nSPS) is 22.7. The molecule has 7 aromatic carbocycles. The summed E-state index contributed by atoms with van der Waals surface area (Å²) in [6.45, 7) is 19.7. The predicted molar refractivity (Wildman–Crippen MR) is 338 cm³/mol. The van der Waals surface area contributed by atoms with Crippen molar-refractivity contribution in [1.82, 2.24) is 0 Å². The third kappa shape index (κ3) is 7.29. The highest BCUT2D eigenvalue weighted by atomic mass is 15.2. The summed E-state index contributed by atoms with van der Waals surface area (Å²) >= 11 is 0. The second kappa shape index (κ2) is 17.8. The molecule has 0 N–H and O–H groups in total. The Labute approximate surface area is 475 Å². The molecule has 394 valence electrons. The molecular formula is C78H72N2. The molecule has 0 radical (unpaired) electrons. The summed E-state index contributed by atoms with van der Waals surface area (Å²) in [5.41, 5.74) is 29.7. The van der Waals surface area contributed by atoms with Gasteiger partial charge in [-0.2, -0.15) is 0 Å². The number of fused-ring (bicyclic) bond motifs is 12. The highest BCUT2D eigenvalue weighted by molar-refractivity contribution is 5.94. The van der Waals surface area contributed by atoms with E-state index in [-0.39, 0.29) is 27.7 Å². The third-order valence-electron chi connectivity index (χ3n) is 20.4. The van der Waals surface area contributed by atoms with Gasteiger partial charge in [-0.05, 0) is 198 Å². The monoisotopic (exact) mass is 1040 g/mol. The highest BCUT2D eigenvalue weighted by Gasteiger charge is 2.50. The average molecular weight is 1040 g/mol. The quantitative estimate of drug-likeness (QED) is 0.150. The predicted octanol–water partition coefficient (Wildman–Crippen LogP) is 19.9. The highest BCUT2D eigenvalue weighted by Crippen LogP contribution is 2.62. The van der Waals surface area contributed by atoms with Crippen molar-refractivity contribution >= 4 is 22.6 Å². The van der Waals surface area contributed by atoms with E-state index in [1.807, 2.05) is 0 Å². The van der Waals surface area contributed by atoms with Gasteiger partial charge in [0.1, 0.15) is 0 Å². The Bertz CT molecular complexity index is 4040. The summed E-state index contributed by atoms with van der Waals surface area (Å²) in [6.07, 6.45) is 34.5. The molecule has 0 spiro atoms. The minimum absolute atomic E-state index is 0.0446. The van der Waals surface area contributed by atoms with Crippen LogP contribution in [-0.2, 0) is 21.7 Å². The molecule has 0 heterocycles. The van der Waals surface area contributed by atoms with Gasteiger partial charge in [-0.1, -0.05) is 213 Å². The Balaban J connectivity index is 0.712. The van der Waals surface area contributed by atoms with Crippen molar-refractivity contribution in [2.24, 2.45) is 5.92 Å². The van der Waals surface area contributed by atoms with Crippen LogP contribution in [0.3, 0.4) is 0 Å². The van der Waals surface area contributed by atoms with Crippen LogP contribution < -0.4 is 9.80 Å². The van der Waals surface area contributed by atoms with Gasteiger partial charge in [-0.3, -0.25) is 0 Å². The van der Waals surface area contributed by atoms with Crippen LogP contribution >= 0.6 is 0 Å². The molecule has 2 nitrogen and oxygen atoms in total. The topological polar surface area (TPSA) is 6.48 Å². The summed E-state index contributed by atoms with van der Waals surface area (Å²) in [7, 11) is 0. The van der Waals surface area contributed by atoms with Crippen molar-refractivity contribution in [3.8, 4) is 44.5 Å². The molecule has 4 unspecified atom stereocenters. The van der Waals surface area contributed by atoms with E-state index in [9.17, 15) is 0 Å². The molecule has 15 rings (SSSR count). The number of hydrogen-bond acceptors (Lipinski definition) is 2. The van der Waals surface area contributed by atoms with Crippen LogP contribution in [0.4, 0.5) is 17.1 Å². The molecule has 0 bridgehead atoms. The van der Waals surface area contributed by atoms with Gasteiger partial charge in [0.2, 0.25) is 0 Å². The zero-order valence-corrected chi connectivity index (χ0v) is 47.8. The Morgan fingerprint density at radius 1 is 0.412 bits per heavy atom. The molecule has 0 amide bonds. The molecule has 8 aliphatic carbocycles. The fourth-order valence-corrected chi connectivity index (χ4v) is 16.0. The lowest BCUT2D eigenvalue weighted by Crippen LogP contribution is -2.34. The number of hydrogen-bond donors (Lipinski definition) is 0. The van der Waals surface area contributed by atoms with Crippen LogP contribution in [0.2, 0.25) is 0 Å². The molecule has 0 fully saturated rings. The SMILES string of the molecule is CC1(C)C2=CC3c4ccc(-c5ccc6c(c5)C(C)(C)c5cc(N(c7ccccc7)C7C=CC=CC7)ccc5-6)cc4C(C)(C)C3C=C2c2ccc(-c3ccc4c(c3)C(C)(C)c3cc(N(C5=CC=CCC5)C5C=CC=CC5)ccc3-4)cc21. The third-order valence-corrected chi connectivity index (χ3v) is 20.4. The van der Waals surface area contributed by atoms with Gasteiger partial charge in [0, 0.05) is 44.9 Å². The van der Waals surface area contributed by atoms with Crippen LogP contribution in [0.25, 0.3) is 50.1 Å². The van der Waals surface area contributed by atoms with Gasteiger partial charge in [0.15, 0.2) is 0 Å². The van der Waals surface area contributed by atoms with E-state index in [2.05, 4.69) is 284 Å². The van der Waals surface area contributed by atoms with Crippen LogP contribution in [-0.4, -0.2) is 12.1 Å². The largest absolute Gasteiger partial charge is 0.338 e. The van der Waals surface area contributed by atoms with E-state index in [1.165, 1.54) is 123 Å². The van der Waals surface area contributed by atoms with E-state index < -0.39 is 0 Å². The first-order chi connectivity index (χ1) is 38.7. The maximum absolute atomic E-state index is 2.68. The first kappa shape index (κ1) is 49.1. The van der Waals surface area contributed by atoms with E-state index in [1.54, 1.807) is 0 Å². The van der Waals surface area contributed by atoms with Crippen molar-refractivity contribution in [1.29, 1.82) is 0 Å². The summed E-state index contributed by atoms with van der Waals surface area (Å²) in [5.74, 6) is 0.700. The van der Waals surface area contributed by atoms with Crippen molar-refractivity contribution in [2.75, 3.05) is 9.80 Å². The van der Waals surface area contributed by atoms with E-state index in [0.29, 0.717) is 17.9 Å².